The van der Waals surface area contributed by atoms with Crippen molar-refractivity contribution < 1.29 is 14.0 Å². The van der Waals surface area contributed by atoms with Crippen LogP contribution in [0.3, 0.4) is 0 Å². The number of benzene rings is 1. The Morgan fingerprint density at radius 1 is 1.41 bits per heavy atom. The maximum absolute atomic E-state index is 12.8. The van der Waals surface area contributed by atoms with Crippen LogP contribution in [0, 0.1) is 5.82 Å². The van der Waals surface area contributed by atoms with E-state index in [1.54, 1.807) is 18.8 Å². The van der Waals surface area contributed by atoms with Gasteiger partial charge in [-0.1, -0.05) is 23.5 Å². The maximum atomic E-state index is 12.8. The van der Waals surface area contributed by atoms with E-state index in [1.165, 1.54) is 40.9 Å². The molecule has 1 aromatic rings. The number of carbonyl (C=O) groups is 2. The van der Waals surface area contributed by atoms with Crippen molar-refractivity contribution in [1.82, 2.24) is 4.90 Å². The van der Waals surface area contributed by atoms with Crippen molar-refractivity contribution in [2.75, 3.05) is 37.0 Å². The molecule has 1 aliphatic rings. The van der Waals surface area contributed by atoms with Crippen molar-refractivity contribution in [3.05, 3.63) is 30.1 Å². The summed E-state index contributed by atoms with van der Waals surface area (Å²) in [5.41, 5.74) is 0.498. The SMILES string of the molecule is CN(CC(=O)Nc1ccc(F)cc1)C(=O)CSC1=NCCS1. The molecule has 1 aliphatic heterocycles. The molecule has 0 atom stereocenters. The third-order valence-electron chi connectivity index (χ3n) is 2.81. The van der Waals surface area contributed by atoms with Crippen molar-refractivity contribution in [3.8, 4) is 0 Å². The predicted octanol–water partition coefficient (Wildman–Crippen LogP) is 2.06. The van der Waals surface area contributed by atoms with Gasteiger partial charge in [0.1, 0.15) is 10.2 Å². The molecule has 0 saturated carbocycles. The van der Waals surface area contributed by atoms with Crippen molar-refractivity contribution in [1.29, 1.82) is 0 Å². The molecule has 0 saturated heterocycles. The monoisotopic (exact) mass is 341 g/mol. The molecule has 1 aromatic carbocycles. The average Bonchev–Trinajstić information content (AvgIpc) is 3.00. The fraction of sp³-hybridized carbons (Fsp3) is 0.357. The lowest BCUT2D eigenvalue weighted by atomic mass is 10.3. The zero-order valence-corrected chi connectivity index (χ0v) is 13.7. The van der Waals surface area contributed by atoms with Crippen molar-refractivity contribution in [2.24, 2.45) is 4.99 Å². The van der Waals surface area contributed by atoms with Gasteiger partial charge in [0.15, 0.2) is 0 Å². The molecule has 0 radical (unpaired) electrons. The highest BCUT2D eigenvalue weighted by Gasteiger charge is 2.16. The number of hydrogen-bond acceptors (Lipinski definition) is 5. The van der Waals surface area contributed by atoms with Crippen LogP contribution in [0.25, 0.3) is 0 Å². The molecular weight excluding hydrogens is 325 g/mol. The van der Waals surface area contributed by atoms with E-state index in [9.17, 15) is 14.0 Å². The largest absolute Gasteiger partial charge is 0.336 e. The number of carbonyl (C=O) groups excluding carboxylic acids is 2. The maximum Gasteiger partial charge on any atom is 0.243 e. The van der Waals surface area contributed by atoms with E-state index in [4.69, 9.17) is 0 Å². The van der Waals surface area contributed by atoms with E-state index in [1.807, 2.05) is 0 Å². The lowest BCUT2D eigenvalue weighted by Crippen LogP contribution is -2.36. The van der Waals surface area contributed by atoms with E-state index in [0.717, 1.165) is 16.7 Å². The number of hydrogen-bond donors (Lipinski definition) is 1. The molecule has 2 rings (SSSR count). The van der Waals surface area contributed by atoms with Crippen molar-refractivity contribution >= 4 is 45.4 Å². The molecule has 1 heterocycles. The summed E-state index contributed by atoms with van der Waals surface area (Å²) in [7, 11) is 1.58. The standard InChI is InChI=1S/C14H16FN3O2S2/c1-18(13(20)9-22-14-16-6-7-21-14)8-12(19)17-11-4-2-10(15)3-5-11/h2-5H,6-9H2,1H3,(H,17,19). The van der Waals surface area contributed by atoms with Crippen LogP contribution in [0.4, 0.5) is 10.1 Å². The number of halogens is 1. The molecule has 0 aliphatic carbocycles. The Hall–Kier alpha value is -1.54. The quantitative estimate of drug-likeness (QED) is 0.890. The molecule has 0 spiro atoms. The second-order valence-corrected chi connectivity index (χ2v) is 6.90. The highest BCUT2D eigenvalue weighted by atomic mass is 32.2. The summed E-state index contributed by atoms with van der Waals surface area (Å²) in [5, 5.41) is 2.62. The minimum atomic E-state index is -0.366. The number of anilines is 1. The number of aliphatic imine (C=N–C) groups is 1. The number of nitrogens with zero attached hydrogens (tertiary/aromatic N) is 2. The van der Waals surface area contributed by atoms with Crippen LogP contribution in [0.2, 0.25) is 0 Å². The van der Waals surface area contributed by atoms with Crippen LogP contribution >= 0.6 is 23.5 Å². The Morgan fingerprint density at radius 2 is 2.14 bits per heavy atom. The Kier molecular flexibility index (Phi) is 6.26. The third kappa shape index (κ3) is 5.34. The molecule has 1 N–H and O–H groups in total. The first-order valence-corrected chi connectivity index (χ1v) is 8.61. The highest BCUT2D eigenvalue weighted by Crippen LogP contribution is 2.22. The first kappa shape index (κ1) is 16.8. The summed E-state index contributed by atoms with van der Waals surface area (Å²) in [4.78, 5) is 29.4. The zero-order chi connectivity index (χ0) is 15.9. The lowest BCUT2D eigenvalue weighted by molar-refractivity contribution is -0.131. The van der Waals surface area contributed by atoms with Gasteiger partial charge >= 0.3 is 0 Å². The summed E-state index contributed by atoms with van der Waals surface area (Å²) >= 11 is 3.05. The van der Waals surface area contributed by atoms with Gasteiger partial charge in [0, 0.05) is 18.5 Å². The Morgan fingerprint density at radius 3 is 2.77 bits per heavy atom. The van der Waals surface area contributed by atoms with Gasteiger partial charge in [0.2, 0.25) is 11.8 Å². The Labute approximate surface area is 136 Å². The van der Waals surface area contributed by atoms with Crippen LogP contribution in [0.15, 0.2) is 29.3 Å². The number of nitrogens with one attached hydrogen (secondary N) is 1. The molecule has 2 amide bonds. The van der Waals surface area contributed by atoms with Crippen LogP contribution in [0.1, 0.15) is 0 Å². The predicted molar refractivity (Wildman–Crippen MR) is 89.9 cm³/mol. The zero-order valence-electron chi connectivity index (χ0n) is 12.0. The van der Waals surface area contributed by atoms with Gasteiger partial charge in [-0.2, -0.15) is 0 Å². The normalized spacial score (nSPS) is 13.6. The number of amides is 2. The van der Waals surface area contributed by atoms with Gasteiger partial charge < -0.3 is 10.2 Å². The fourth-order valence-electron chi connectivity index (χ4n) is 1.67. The molecule has 0 fully saturated rings. The van der Waals surface area contributed by atoms with Crippen molar-refractivity contribution in [2.45, 2.75) is 0 Å². The first-order chi connectivity index (χ1) is 10.5. The molecule has 8 heteroatoms. The Bertz CT molecular complexity index is 578. The molecule has 0 bridgehead atoms. The van der Waals surface area contributed by atoms with Crippen LogP contribution in [0.5, 0.6) is 0 Å². The van der Waals surface area contributed by atoms with Crippen LogP contribution in [-0.2, 0) is 9.59 Å². The summed E-state index contributed by atoms with van der Waals surface area (Å²) in [6, 6.07) is 5.48. The summed E-state index contributed by atoms with van der Waals surface area (Å²) < 4.78 is 13.7. The molecule has 0 aromatic heterocycles. The number of rotatable bonds is 5. The van der Waals surface area contributed by atoms with E-state index < -0.39 is 0 Å². The summed E-state index contributed by atoms with van der Waals surface area (Å²) in [6.07, 6.45) is 0. The van der Waals surface area contributed by atoms with E-state index in [0.29, 0.717) is 5.69 Å². The molecular formula is C14H16FN3O2S2. The summed E-state index contributed by atoms with van der Waals surface area (Å²) in [5.74, 6) is 0.419. The lowest BCUT2D eigenvalue weighted by Gasteiger charge is -2.16. The smallest absolute Gasteiger partial charge is 0.243 e. The second-order valence-electron chi connectivity index (χ2n) is 4.59. The average molecular weight is 341 g/mol. The van der Waals surface area contributed by atoms with E-state index in [2.05, 4.69) is 10.3 Å². The van der Waals surface area contributed by atoms with Gasteiger partial charge in [0.05, 0.1) is 18.8 Å². The fourth-order valence-corrected chi connectivity index (χ4v) is 3.62. The minimum Gasteiger partial charge on any atom is -0.336 e. The highest BCUT2D eigenvalue weighted by molar-refractivity contribution is 8.39. The minimum absolute atomic E-state index is 0.0452. The topological polar surface area (TPSA) is 61.8 Å². The van der Waals surface area contributed by atoms with Gasteiger partial charge in [0.25, 0.3) is 0 Å². The first-order valence-electron chi connectivity index (χ1n) is 6.64. The third-order valence-corrected chi connectivity index (χ3v) is 5.05. The molecule has 22 heavy (non-hydrogen) atoms. The molecule has 5 nitrogen and oxygen atoms in total. The number of likely N-dealkylation sites (N-methyl/N-ethyl adjacent to an activating group) is 1. The van der Waals surface area contributed by atoms with Gasteiger partial charge in [-0.25, -0.2) is 4.39 Å². The van der Waals surface area contributed by atoms with Gasteiger partial charge in [-0.3, -0.25) is 14.6 Å². The van der Waals surface area contributed by atoms with Gasteiger partial charge in [-0.15, -0.1) is 0 Å². The number of thioether (sulfide) groups is 2. The van der Waals surface area contributed by atoms with E-state index in [-0.39, 0.29) is 29.9 Å². The molecule has 118 valence electrons. The molecule has 0 unspecified atom stereocenters. The second kappa shape index (κ2) is 8.19. The van der Waals surface area contributed by atoms with Crippen LogP contribution < -0.4 is 5.32 Å². The Balaban J connectivity index is 1.74. The summed E-state index contributed by atoms with van der Waals surface area (Å²) in [6.45, 7) is 0.757. The van der Waals surface area contributed by atoms with Crippen LogP contribution in [-0.4, -0.2) is 52.7 Å². The van der Waals surface area contributed by atoms with Gasteiger partial charge in [-0.05, 0) is 24.3 Å². The van der Waals surface area contributed by atoms with E-state index >= 15 is 0 Å². The van der Waals surface area contributed by atoms with Crippen molar-refractivity contribution in [3.63, 3.8) is 0 Å².